The lowest BCUT2D eigenvalue weighted by molar-refractivity contribution is -0.378. The third kappa shape index (κ3) is 8.98. The van der Waals surface area contributed by atoms with Crippen molar-refractivity contribution in [2.45, 2.75) is 57.5 Å². The van der Waals surface area contributed by atoms with Gasteiger partial charge >= 0.3 is 12.2 Å². The second-order valence-electron chi connectivity index (χ2n) is 11.9. The molecule has 0 radical (unpaired) electrons. The summed E-state index contributed by atoms with van der Waals surface area (Å²) >= 11 is 0. The highest BCUT2D eigenvalue weighted by Crippen LogP contribution is 2.36. The second kappa shape index (κ2) is 15.9. The SMILES string of the molecule is CCCCCC1COC(C(F)(F)OCCc2ccc(C(F)(F)Oc3ccc(-c4ccc(-c5cc(F)c(F)c(F)c5)c(F)c4)cc3)c(F)c2)OC1. The molecule has 13 heteroatoms. The molecular formula is C37H33F9O4. The summed E-state index contributed by atoms with van der Waals surface area (Å²) in [4.78, 5) is 0. The lowest BCUT2D eigenvalue weighted by Crippen LogP contribution is -2.46. The minimum atomic E-state index is -4.13. The third-order valence-electron chi connectivity index (χ3n) is 8.19. The molecule has 268 valence electrons. The van der Waals surface area contributed by atoms with Gasteiger partial charge in [-0.3, -0.25) is 0 Å². The first-order valence-electron chi connectivity index (χ1n) is 15.9. The topological polar surface area (TPSA) is 36.9 Å². The van der Waals surface area contributed by atoms with Crippen molar-refractivity contribution in [2.24, 2.45) is 5.92 Å². The minimum absolute atomic E-state index is 0.0199. The lowest BCUT2D eigenvalue weighted by Gasteiger charge is -2.33. The Hall–Kier alpha value is -4.07. The van der Waals surface area contributed by atoms with Crippen LogP contribution in [-0.4, -0.2) is 32.2 Å². The summed E-state index contributed by atoms with van der Waals surface area (Å²) in [5, 5.41) is 0. The lowest BCUT2D eigenvalue weighted by atomic mass is 9.99. The van der Waals surface area contributed by atoms with Crippen molar-refractivity contribution in [3.8, 4) is 28.0 Å². The molecule has 1 saturated heterocycles. The molecule has 0 aromatic heterocycles. The van der Waals surface area contributed by atoms with E-state index in [0.717, 1.165) is 62.1 Å². The molecule has 0 N–H and O–H groups in total. The molecule has 4 aromatic rings. The molecule has 4 aromatic carbocycles. The van der Waals surface area contributed by atoms with Gasteiger partial charge in [-0.1, -0.05) is 56.5 Å². The highest BCUT2D eigenvalue weighted by molar-refractivity contribution is 5.71. The van der Waals surface area contributed by atoms with E-state index >= 15 is 0 Å². The molecule has 1 fully saturated rings. The summed E-state index contributed by atoms with van der Waals surface area (Å²) in [6.45, 7) is 1.72. The zero-order chi connectivity index (χ0) is 36.1. The van der Waals surface area contributed by atoms with Crippen molar-refractivity contribution in [3.63, 3.8) is 0 Å². The Bertz CT molecular complexity index is 1730. The number of hydrogen-bond donors (Lipinski definition) is 0. The molecule has 0 atom stereocenters. The summed E-state index contributed by atoms with van der Waals surface area (Å²) in [5.74, 6) is -7.19. The number of alkyl halides is 4. The first kappa shape index (κ1) is 37.2. The van der Waals surface area contributed by atoms with Gasteiger partial charge in [-0.2, -0.15) is 17.6 Å². The Morgan fingerprint density at radius 3 is 1.96 bits per heavy atom. The zero-order valence-electron chi connectivity index (χ0n) is 26.8. The average molecular weight is 713 g/mol. The van der Waals surface area contributed by atoms with E-state index in [-0.39, 0.29) is 53.6 Å². The fraction of sp³-hybridized carbons (Fsp3) is 0.351. The monoisotopic (exact) mass is 712 g/mol. The molecule has 1 aliphatic rings. The van der Waals surface area contributed by atoms with Crippen LogP contribution < -0.4 is 4.74 Å². The predicted molar refractivity (Wildman–Crippen MR) is 166 cm³/mol. The minimum Gasteiger partial charge on any atom is -0.429 e. The molecule has 0 spiro atoms. The summed E-state index contributed by atoms with van der Waals surface area (Å²) in [5.41, 5.74) is -0.755. The van der Waals surface area contributed by atoms with Gasteiger partial charge in [0.15, 0.2) is 17.5 Å². The fourth-order valence-electron chi connectivity index (χ4n) is 5.47. The number of hydrogen-bond acceptors (Lipinski definition) is 4. The van der Waals surface area contributed by atoms with Gasteiger partial charge in [-0.05, 0) is 77.6 Å². The van der Waals surface area contributed by atoms with E-state index in [1.165, 1.54) is 24.3 Å². The number of rotatable bonds is 14. The molecule has 0 bridgehead atoms. The van der Waals surface area contributed by atoms with Gasteiger partial charge in [-0.15, -0.1) is 0 Å². The molecule has 0 saturated carbocycles. The van der Waals surface area contributed by atoms with Crippen molar-refractivity contribution in [1.82, 2.24) is 0 Å². The van der Waals surface area contributed by atoms with Gasteiger partial charge in [-0.25, -0.2) is 22.0 Å². The molecule has 4 nitrogen and oxygen atoms in total. The molecular weight excluding hydrogens is 679 g/mol. The number of halogens is 9. The van der Waals surface area contributed by atoms with E-state index in [4.69, 9.17) is 14.2 Å². The molecule has 0 unspecified atom stereocenters. The van der Waals surface area contributed by atoms with Crippen LogP contribution in [0.1, 0.15) is 43.7 Å². The first-order valence-corrected chi connectivity index (χ1v) is 15.9. The fourth-order valence-corrected chi connectivity index (χ4v) is 5.47. The molecule has 1 aliphatic heterocycles. The van der Waals surface area contributed by atoms with Crippen molar-refractivity contribution in [1.29, 1.82) is 0 Å². The third-order valence-corrected chi connectivity index (χ3v) is 8.19. The Kier molecular flexibility index (Phi) is 11.8. The Morgan fingerprint density at radius 1 is 0.700 bits per heavy atom. The Morgan fingerprint density at radius 2 is 1.34 bits per heavy atom. The van der Waals surface area contributed by atoms with Gasteiger partial charge < -0.3 is 18.9 Å². The van der Waals surface area contributed by atoms with E-state index < -0.39 is 59.8 Å². The van der Waals surface area contributed by atoms with Crippen molar-refractivity contribution in [3.05, 3.63) is 113 Å². The average Bonchev–Trinajstić information content (AvgIpc) is 3.07. The van der Waals surface area contributed by atoms with E-state index in [1.54, 1.807) is 0 Å². The highest BCUT2D eigenvalue weighted by Gasteiger charge is 2.45. The van der Waals surface area contributed by atoms with Crippen LogP contribution >= 0.6 is 0 Å². The summed E-state index contributed by atoms with van der Waals surface area (Å²) < 4.78 is 149. The zero-order valence-corrected chi connectivity index (χ0v) is 26.8. The molecule has 50 heavy (non-hydrogen) atoms. The van der Waals surface area contributed by atoms with Crippen molar-refractivity contribution >= 4 is 0 Å². The van der Waals surface area contributed by atoms with Crippen LogP contribution in [0.3, 0.4) is 0 Å². The van der Waals surface area contributed by atoms with E-state index in [0.29, 0.717) is 17.7 Å². The maximum absolute atomic E-state index is 15.0. The maximum Gasteiger partial charge on any atom is 0.429 e. The van der Waals surface area contributed by atoms with Crippen LogP contribution in [0.4, 0.5) is 39.5 Å². The number of ether oxygens (including phenoxy) is 4. The first-order chi connectivity index (χ1) is 23.8. The largest absolute Gasteiger partial charge is 0.429 e. The van der Waals surface area contributed by atoms with Gasteiger partial charge in [0.05, 0.1) is 25.4 Å². The van der Waals surface area contributed by atoms with Crippen LogP contribution in [0, 0.1) is 35.0 Å². The van der Waals surface area contributed by atoms with Crippen LogP contribution in [0.25, 0.3) is 22.3 Å². The molecule has 5 rings (SSSR count). The van der Waals surface area contributed by atoms with Gasteiger partial charge in [0.25, 0.3) is 6.29 Å². The maximum atomic E-state index is 15.0. The highest BCUT2D eigenvalue weighted by atomic mass is 19.3. The van der Waals surface area contributed by atoms with Gasteiger partial charge in [0, 0.05) is 11.5 Å². The van der Waals surface area contributed by atoms with E-state index in [1.807, 2.05) is 0 Å². The Labute approximate surface area is 282 Å². The standard InChI is InChI=1S/C37H33F9O4/c1-2-3-4-5-23-20-47-35(48-21-23)37(45,46)49-15-14-22-6-13-29(31(39)16-22)36(43,44)50-27-10-7-24(8-11-27)25-9-12-28(30(38)17-25)26-18-32(40)34(42)33(41)19-26/h6-13,16-19,23,35H,2-5,14-15,20-21H2,1H3. The van der Waals surface area contributed by atoms with E-state index in [9.17, 15) is 39.5 Å². The van der Waals surface area contributed by atoms with Crippen LogP contribution in [0.5, 0.6) is 5.75 Å². The molecule has 0 amide bonds. The van der Waals surface area contributed by atoms with Gasteiger partial charge in [0.1, 0.15) is 17.4 Å². The Balaban J connectivity index is 1.15. The second-order valence-corrected chi connectivity index (χ2v) is 11.9. The van der Waals surface area contributed by atoms with Crippen LogP contribution in [0.2, 0.25) is 0 Å². The summed E-state index contributed by atoms with van der Waals surface area (Å²) in [6, 6.07) is 12.7. The predicted octanol–water partition coefficient (Wildman–Crippen LogP) is 10.6. The normalized spacial score (nSPS) is 16.8. The smallest absolute Gasteiger partial charge is 0.429 e. The molecule has 0 aliphatic carbocycles. The van der Waals surface area contributed by atoms with Crippen molar-refractivity contribution in [2.75, 3.05) is 19.8 Å². The quantitative estimate of drug-likeness (QED) is 0.0741. The van der Waals surface area contributed by atoms with Gasteiger partial charge in [0.2, 0.25) is 0 Å². The molecule has 1 heterocycles. The van der Waals surface area contributed by atoms with Crippen LogP contribution in [0.15, 0.2) is 72.8 Å². The number of unbranched alkanes of at least 4 members (excludes halogenated alkanes) is 2. The summed E-state index contributed by atoms with van der Waals surface area (Å²) in [6.07, 6.45) is -6.19. The van der Waals surface area contributed by atoms with Crippen molar-refractivity contribution < 1.29 is 58.5 Å². The van der Waals surface area contributed by atoms with Crippen LogP contribution in [-0.2, 0) is 26.7 Å². The number of benzene rings is 4. The van der Waals surface area contributed by atoms with E-state index in [2.05, 4.69) is 11.7 Å². The summed E-state index contributed by atoms with van der Waals surface area (Å²) in [7, 11) is 0.